The zero-order valence-electron chi connectivity index (χ0n) is 6.47. The van der Waals surface area contributed by atoms with Gasteiger partial charge < -0.3 is 10.6 Å². The van der Waals surface area contributed by atoms with Gasteiger partial charge in [0.1, 0.15) is 4.61 Å². The van der Waals surface area contributed by atoms with Crippen molar-refractivity contribution in [3.05, 3.63) is 10.8 Å². The van der Waals surface area contributed by atoms with Gasteiger partial charge in [-0.3, -0.25) is 9.80 Å². The van der Waals surface area contributed by atoms with Crippen molar-refractivity contribution in [2.24, 2.45) is 0 Å². The summed E-state index contributed by atoms with van der Waals surface area (Å²) in [6, 6.07) is 0. The maximum Gasteiger partial charge on any atom is 0.266 e. The summed E-state index contributed by atoms with van der Waals surface area (Å²) in [6.07, 6.45) is 1.39. The van der Waals surface area contributed by atoms with Crippen LogP contribution in [0.1, 0.15) is 6.92 Å². The molecule has 0 aromatic rings. The Morgan fingerprint density at radius 3 is 3.17 bits per heavy atom. The fraction of sp³-hybridized carbons (Fsp3) is 0.500. The predicted octanol–water partition coefficient (Wildman–Crippen LogP) is -0.608. The maximum atomic E-state index is 11.3. The Bertz CT molecular complexity index is 254. The third kappa shape index (κ3) is 1.07. The number of nitrogens with zero attached hydrogens (tertiary/aromatic N) is 1. The molecule has 1 fully saturated rings. The molecule has 66 valence electrons. The minimum absolute atomic E-state index is 0.0213. The maximum absolute atomic E-state index is 11.3. The Kier molecular flexibility index (Phi) is 1.73. The van der Waals surface area contributed by atoms with Gasteiger partial charge in [0.2, 0.25) is 0 Å². The summed E-state index contributed by atoms with van der Waals surface area (Å²) >= 11 is 3.32. The summed E-state index contributed by atoms with van der Waals surface area (Å²) < 4.78 is 0.842. The van der Waals surface area contributed by atoms with E-state index in [1.807, 2.05) is 6.92 Å². The molecule has 1 saturated heterocycles. The molecule has 0 aromatic carbocycles. The SMILES string of the molecule is CC1NC(=O)C2NC=C(Br)N2N1. The number of hydrogen-bond donors (Lipinski definition) is 3. The fourth-order valence-electron chi connectivity index (χ4n) is 1.28. The van der Waals surface area contributed by atoms with Crippen molar-refractivity contribution in [3.63, 3.8) is 0 Å². The molecule has 6 heteroatoms. The molecule has 0 radical (unpaired) electrons. The highest BCUT2D eigenvalue weighted by molar-refractivity contribution is 9.11. The lowest BCUT2D eigenvalue weighted by Gasteiger charge is -2.35. The molecule has 2 unspecified atom stereocenters. The van der Waals surface area contributed by atoms with Gasteiger partial charge in [0.25, 0.3) is 5.91 Å². The zero-order valence-corrected chi connectivity index (χ0v) is 8.05. The molecular weight excluding hydrogens is 224 g/mol. The van der Waals surface area contributed by atoms with E-state index >= 15 is 0 Å². The van der Waals surface area contributed by atoms with Crippen molar-refractivity contribution in [1.29, 1.82) is 0 Å². The molecule has 0 aliphatic carbocycles. The van der Waals surface area contributed by atoms with E-state index in [1.54, 1.807) is 11.2 Å². The number of fused-ring (bicyclic) bond motifs is 1. The average Bonchev–Trinajstić information content (AvgIpc) is 2.33. The molecule has 5 nitrogen and oxygen atoms in total. The third-order valence-corrected chi connectivity index (χ3v) is 2.40. The standard InChI is InChI=1S/C6H9BrN4O/c1-3-9-6(12)5-8-2-4(7)11(5)10-3/h2-3,5,8,10H,1H3,(H,9,12). The monoisotopic (exact) mass is 232 g/mol. The van der Waals surface area contributed by atoms with E-state index in [9.17, 15) is 4.79 Å². The third-order valence-electron chi connectivity index (χ3n) is 1.79. The Morgan fingerprint density at radius 1 is 1.67 bits per heavy atom. The van der Waals surface area contributed by atoms with Crippen molar-refractivity contribution in [2.75, 3.05) is 0 Å². The first kappa shape index (κ1) is 7.88. The number of carbonyl (C=O) groups is 1. The van der Waals surface area contributed by atoms with Crippen LogP contribution in [0.2, 0.25) is 0 Å². The summed E-state index contributed by atoms with van der Waals surface area (Å²) in [5, 5.41) is 7.44. The van der Waals surface area contributed by atoms with Gasteiger partial charge in [0, 0.05) is 6.20 Å². The highest BCUT2D eigenvalue weighted by Crippen LogP contribution is 2.19. The lowest BCUT2D eigenvalue weighted by molar-refractivity contribution is -0.132. The summed E-state index contributed by atoms with van der Waals surface area (Å²) in [6.45, 7) is 1.88. The lowest BCUT2D eigenvalue weighted by Crippen LogP contribution is -2.66. The van der Waals surface area contributed by atoms with E-state index in [0.29, 0.717) is 0 Å². The quantitative estimate of drug-likeness (QED) is 0.489. The molecule has 12 heavy (non-hydrogen) atoms. The van der Waals surface area contributed by atoms with Crippen LogP contribution in [-0.2, 0) is 4.79 Å². The molecule has 2 aliphatic heterocycles. The zero-order chi connectivity index (χ0) is 8.72. The highest BCUT2D eigenvalue weighted by Gasteiger charge is 2.35. The van der Waals surface area contributed by atoms with Crippen LogP contribution in [0.4, 0.5) is 0 Å². The molecule has 2 aliphatic rings. The second-order valence-corrected chi connectivity index (χ2v) is 3.58. The second-order valence-electron chi connectivity index (χ2n) is 2.77. The summed E-state index contributed by atoms with van der Waals surface area (Å²) in [7, 11) is 0. The van der Waals surface area contributed by atoms with Gasteiger partial charge in [0.05, 0.1) is 6.17 Å². The highest BCUT2D eigenvalue weighted by atomic mass is 79.9. The predicted molar refractivity (Wildman–Crippen MR) is 46.5 cm³/mol. The first-order valence-electron chi connectivity index (χ1n) is 3.66. The minimum Gasteiger partial charge on any atom is -0.360 e. The van der Waals surface area contributed by atoms with Crippen molar-refractivity contribution >= 4 is 21.8 Å². The Labute approximate surface area is 78.3 Å². The molecule has 1 amide bonds. The molecule has 2 rings (SSSR count). The largest absolute Gasteiger partial charge is 0.360 e. The van der Waals surface area contributed by atoms with Gasteiger partial charge >= 0.3 is 0 Å². The topological polar surface area (TPSA) is 56.4 Å². The fourth-order valence-corrected chi connectivity index (χ4v) is 1.72. The van der Waals surface area contributed by atoms with Crippen molar-refractivity contribution < 1.29 is 4.79 Å². The van der Waals surface area contributed by atoms with Crippen LogP contribution in [0.5, 0.6) is 0 Å². The Hall–Kier alpha value is -0.750. The van der Waals surface area contributed by atoms with Crippen LogP contribution in [0.15, 0.2) is 10.8 Å². The van der Waals surface area contributed by atoms with Gasteiger partial charge in [-0.05, 0) is 22.9 Å². The summed E-state index contributed by atoms with van der Waals surface area (Å²) in [5.74, 6) is -0.0213. The molecule has 0 saturated carbocycles. The molecule has 3 N–H and O–H groups in total. The Morgan fingerprint density at radius 2 is 2.42 bits per heavy atom. The van der Waals surface area contributed by atoms with Crippen molar-refractivity contribution in [2.45, 2.75) is 19.3 Å². The van der Waals surface area contributed by atoms with E-state index in [2.05, 4.69) is 32.0 Å². The second kappa shape index (κ2) is 2.63. The number of nitrogens with one attached hydrogen (secondary N) is 3. The molecule has 0 bridgehead atoms. The van der Waals surface area contributed by atoms with Crippen molar-refractivity contribution in [1.82, 2.24) is 21.1 Å². The van der Waals surface area contributed by atoms with Crippen LogP contribution < -0.4 is 16.1 Å². The van der Waals surface area contributed by atoms with Gasteiger partial charge in [-0.15, -0.1) is 0 Å². The minimum atomic E-state index is -0.324. The number of halogens is 1. The number of carbonyl (C=O) groups excluding carboxylic acids is 1. The molecule has 0 spiro atoms. The Balaban J connectivity index is 2.19. The van der Waals surface area contributed by atoms with Gasteiger partial charge in [-0.2, -0.15) is 0 Å². The normalized spacial score (nSPS) is 33.7. The average molecular weight is 233 g/mol. The van der Waals surface area contributed by atoms with Crippen LogP contribution in [0.25, 0.3) is 0 Å². The number of amides is 1. The smallest absolute Gasteiger partial charge is 0.266 e. The van der Waals surface area contributed by atoms with Gasteiger partial charge in [0.15, 0.2) is 6.17 Å². The van der Waals surface area contributed by atoms with Gasteiger partial charge in [-0.25, -0.2) is 5.43 Å². The van der Waals surface area contributed by atoms with E-state index < -0.39 is 0 Å². The first-order chi connectivity index (χ1) is 5.68. The molecular formula is C6H9BrN4O. The number of hydrazine groups is 1. The summed E-state index contributed by atoms with van der Waals surface area (Å²) in [4.78, 5) is 11.3. The molecule has 2 heterocycles. The van der Waals surface area contributed by atoms with Crippen LogP contribution in [-0.4, -0.2) is 23.2 Å². The van der Waals surface area contributed by atoms with Crippen LogP contribution in [0, 0.1) is 0 Å². The lowest BCUT2D eigenvalue weighted by atomic mass is 10.4. The summed E-state index contributed by atoms with van der Waals surface area (Å²) in [5.41, 5.74) is 3.08. The van der Waals surface area contributed by atoms with Crippen LogP contribution in [0.3, 0.4) is 0 Å². The number of rotatable bonds is 0. The van der Waals surface area contributed by atoms with E-state index in [1.165, 1.54) is 0 Å². The number of hydrogen-bond acceptors (Lipinski definition) is 4. The van der Waals surface area contributed by atoms with Crippen LogP contribution >= 0.6 is 15.9 Å². The van der Waals surface area contributed by atoms with E-state index in [4.69, 9.17) is 0 Å². The van der Waals surface area contributed by atoms with Gasteiger partial charge in [-0.1, -0.05) is 0 Å². The molecule has 0 aromatic heterocycles. The first-order valence-corrected chi connectivity index (χ1v) is 4.45. The van der Waals surface area contributed by atoms with E-state index in [-0.39, 0.29) is 18.2 Å². The molecule has 2 atom stereocenters. The van der Waals surface area contributed by atoms with Crippen molar-refractivity contribution in [3.8, 4) is 0 Å². The van der Waals surface area contributed by atoms with E-state index in [0.717, 1.165) is 4.61 Å².